The lowest BCUT2D eigenvalue weighted by atomic mass is 10.1. The van der Waals surface area contributed by atoms with Crippen LogP contribution in [0.5, 0.6) is 0 Å². The van der Waals surface area contributed by atoms with Gasteiger partial charge in [0.15, 0.2) is 0 Å². The van der Waals surface area contributed by atoms with Gasteiger partial charge in [-0.05, 0) is 19.3 Å². The van der Waals surface area contributed by atoms with E-state index in [0.717, 1.165) is 13.0 Å². The van der Waals surface area contributed by atoms with Gasteiger partial charge < -0.3 is 22.0 Å². The maximum absolute atomic E-state index is 11.8. The second-order valence-corrected chi connectivity index (χ2v) is 5.66. The Kier molecular flexibility index (Phi) is 9.11. The van der Waals surface area contributed by atoms with Gasteiger partial charge in [0, 0.05) is 12.3 Å². The zero-order chi connectivity index (χ0) is 14.0. The van der Waals surface area contributed by atoms with Crippen molar-refractivity contribution >= 4 is 5.97 Å². The summed E-state index contributed by atoms with van der Waals surface area (Å²) in [6, 6.07) is 0. The molecule has 0 spiro atoms. The van der Waals surface area contributed by atoms with Gasteiger partial charge in [0.2, 0.25) is 0 Å². The Balaban J connectivity index is 0.00000220. The van der Waals surface area contributed by atoms with E-state index in [-0.39, 0.29) is 24.3 Å². The zero-order valence-corrected chi connectivity index (χ0v) is 13.4. The lowest BCUT2D eigenvalue weighted by molar-refractivity contribution is -0.905. The van der Waals surface area contributed by atoms with Crippen molar-refractivity contribution in [1.29, 1.82) is 0 Å². The van der Waals surface area contributed by atoms with E-state index in [9.17, 15) is 4.79 Å². The van der Waals surface area contributed by atoms with Crippen LogP contribution in [0.1, 0.15) is 32.1 Å². The molecule has 1 N–H and O–H groups in total. The second kappa shape index (κ2) is 10.6. The maximum atomic E-state index is 11.8. The van der Waals surface area contributed by atoms with Gasteiger partial charge in [0.05, 0.1) is 32.7 Å². The molecule has 1 heterocycles. The molecular weight excluding hydrogens is 286 g/mol. The number of carbonyl (C=O) groups is 1. The van der Waals surface area contributed by atoms with Gasteiger partial charge >= 0.3 is 5.97 Å². The van der Waals surface area contributed by atoms with Gasteiger partial charge in [-0.3, -0.25) is 4.79 Å². The molecule has 0 saturated carbocycles. The minimum atomic E-state index is -0.0835. The Hall–Kier alpha value is -1.06. The molecule has 4 heteroatoms. The smallest absolute Gasteiger partial charge is 0.306 e. The first kappa shape index (κ1) is 18.0. The van der Waals surface area contributed by atoms with Crippen LogP contribution >= 0.6 is 0 Å². The Morgan fingerprint density at radius 3 is 2.38 bits per heavy atom. The molecule has 0 aromatic heterocycles. The van der Waals surface area contributed by atoms with Crippen LogP contribution in [0.4, 0.5) is 0 Å². The molecule has 0 atom stereocenters. The van der Waals surface area contributed by atoms with Gasteiger partial charge in [0.25, 0.3) is 0 Å². The van der Waals surface area contributed by atoms with Crippen LogP contribution in [0.15, 0.2) is 36.5 Å². The van der Waals surface area contributed by atoms with Gasteiger partial charge in [-0.2, -0.15) is 0 Å². The molecule has 0 aromatic carbocycles. The van der Waals surface area contributed by atoms with E-state index >= 15 is 0 Å². The number of piperidine rings is 1. The third kappa shape index (κ3) is 7.49. The number of hydrogen-bond acceptors (Lipinski definition) is 2. The van der Waals surface area contributed by atoms with Crippen molar-refractivity contribution in [3.8, 4) is 0 Å². The fourth-order valence-electron chi connectivity index (χ4n) is 2.80. The number of halogens is 1. The fraction of sp³-hybridized carbons (Fsp3) is 0.588. The van der Waals surface area contributed by atoms with Crippen LogP contribution < -0.4 is 17.3 Å². The first-order valence-corrected chi connectivity index (χ1v) is 7.85. The van der Waals surface area contributed by atoms with E-state index in [2.05, 4.69) is 0 Å². The Bertz CT molecular complexity index is 368. The van der Waals surface area contributed by atoms with Crippen molar-refractivity contribution in [2.45, 2.75) is 32.1 Å². The summed E-state index contributed by atoms with van der Waals surface area (Å²) in [7, 11) is 0. The normalized spacial score (nSPS) is 19.0. The second-order valence-electron chi connectivity index (χ2n) is 5.66. The molecule has 0 amide bonds. The molecule has 21 heavy (non-hydrogen) atoms. The van der Waals surface area contributed by atoms with E-state index in [1.54, 1.807) is 4.90 Å². The van der Waals surface area contributed by atoms with Crippen molar-refractivity contribution in [2.24, 2.45) is 5.92 Å². The highest BCUT2D eigenvalue weighted by atomic mass is 35.5. The Morgan fingerprint density at radius 1 is 1.05 bits per heavy atom. The third-order valence-corrected chi connectivity index (χ3v) is 3.95. The zero-order valence-electron chi connectivity index (χ0n) is 12.6. The van der Waals surface area contributed by atoms with E-state index in [1.165, 1.54) is 32.4 Å². The predicted octanol–water partition coefficient (Wildman–Crippen LogP) is -1.32. The maximum Gasteiger partial charge on any atom is 0.306 e. The summed E-state index contributed by atoms with van der Waals surface area (Å²) in [6.07, 6.45) is 17.5. The van der Waals surface area contributed by atoms with Crippen LogP contribution in [-0.4, -0.2) is 32.2 Å². The van der Waals surface area contributed by atoms with Crippen molar-refractivity contribution < 1.29 is 26.8 Å². The number of likely N-dealkylation sites (tertiary alicyclic amines) is 1. The van der Waals surface area contributed by atoms with E-state index in [1.807, 2.05) is 36.5 Å². The molecule has 0 bridgehead atoms. The summed E-state index contributed by atoms with van der Waals surface area (Å²) in [6.45, 7) is 4.29. The highest BCUT2D eigenvalue weighted by Crippen LogP contribution is 2.11. The molecule has 2 aliphatic rings. The monoisotopic (exact) mass is 311 g/mol. The molecule has 0 unspecified atom stereocenters. The summed E-state index contributed by atoms with van der Waals surface area (Å²) in [5, 5.41) is 0. The average molecular weight is 312 g/mol. The molecule has 1 saturated heterocycles. The minimum Gasteiger partial charge on any atom is -1.00 e. The van der Waals surface area contributed by atoms with Crippen LogP contribution in [0.25, 0.3) is 0 Å². The van der Waals surface area contributed by atoms with Crippen LogP contribution in [0.2, 0.25) is 0 Å². The molecule has 1 aliphatic carbocycles. The molecule has 3 nitrogen and oxygen atoms in total. The summed E-state index contributed by atoms with van der Waals surface area (Å²) in [4.78, 5) is 13.4. The van der Waals surface area contributed by atoms with Gasteiger partial charge in [-0.25, -0.2) is 0 Å². The number of nitrogens with one attached hydrogen (secondary N) is 1. The predicted molar refractivity (Wildman–Crippen MR) is 80.5 cm³/mol. The lowest BCUT2D eigenvalue weighted by Crippen LogP contribution is -3.12. The summed E-state index contributed by atoms with van der Waals surface area (Å²) in [5.41, 5.74) is 0. The molecule has 1 fully saturated rings. The number of hydrogen-bond donors (Lipinski definition) is 1. The number of quaternary nitrogens is 1. The number of carbonyl (C=O) groups excluding carboxylic acids is 1. The van der Waals surface area contributed by atoms with Crippen molar-refractivity contribution in [3.05, 3.63) is 36.5 Å². The lowest BCUT2D eigenvalue weighted by Gasteiger charge is -2.23. The molecular formula is C17H26ClNO2. The standard InChI is InChI=1S/C17H25NO2.ClH/c19-17(15-16-9-4-1-2-5-10-16)20-14-8-13-18-11-6-3-7-12-18;/h1-2,4-5,9-10,16H,3,6-8,11-15H2;1H. The third-order valence-electron chi connectivity index (χ3n) is 3.95. The minimum absolute atomic E-state index is 0. The molecule has 2 rings (SSSR count). The van der Waals surface area contributed by atoms with Gasteiger partial charge in [-0.1, -0.05) is 36.5 Å². The SMILES string of the molecule is O=C(CC1C=CC=CC=C1)OCCC[NH+]1CCCCC1.[Cl-]. The molecule has 1 aliphatic heterocycles. The van der Waals surface area contributed by atoms with Crippen molar-refractivity contribution in [2.75, 3.05) is 26.2 Å². The number of ether oxygens (including phenoxy) is 1. The highest BCUT2D eigenvalue weighted by Gasteiger charge is 2.14. The first-order valence-electron chi connectivity index (χ1n) is 7.85. The Morgan fingerprint density at radius 2 is 1.71 bits per heavy atom. The summed E-state index contributed by atoms with van der Waals surface area (Å²) >= 11 is 0. The fourth-order valence-corrected chi connectivity index (χ4v) is 2.80. The quantitative estimate of drug-likeness (QED) is 0.487. The number of esters is 1. The average Bonchev–Trinajstić information content (AvgIpc) is 2.73. The molecule has 0 radical (unpaired) electrons. The highest BCUT2D eigenvalue weighted by molar-refractivity contribution is 5.70. The van der Waals surface area contributed by atoms with Crippen LogP contribution in [0.3, 0.4) is 0 Å². The van der Waals surface area contributed by atoms with Gasteiger partial charge in [-0.15, -0.1) is 0 Å². The summed E-state index contributed by atoms with van der Waals surface area (Å²) < 4.78 is 5.34. The summed E-state index contributed by atoms with van der Waals surface area (Å²) in [5.74, 6) is 0.0880. The topological polar surface area (TPSA) is 30.7 Å². The van der Waals surface area contributed by atoms with Gasteiger partial charge in [0.1, 0.15) is 0 Å². The van der Waals surface area contributed by atoms with Crippen molar-refractivity contribution in [1.82, 2.24) is 0 Å². The van der Waals surface area contributed by atoms with E-state index in [4.69, 9.17) is 4.74 Å². The van der Waals surface area contributed by atoms with E-state index < -0.39 is 0 Å². The van der Waals surface area contributed by atoms with Crippen LogP contribution in [-0.2, 0) is 9.53 Å². The largest absolute Gasteiger partial charge is 1.00 e. The van der Waals surface area contributed by atoms with Crippen LogP contribution in [0, 0.1) is 5.92 Å². The Labute approximate surface area is 134 Å². The first-order chi connectivity index (χ1) is 9.84. The number of rotatable bonds is 6. The molecule has 0 aromatic rings. The van der Waals surface area contributed by atoms with Crippen molar-refractivity contribution in [3.63, 3.8) is 0 Å². The molecule has 118 valence electrons. The van der Waals surface area contributed by atoms with E-state index in [0.29, 0.717) is 13.0 Å². The number of allylic oxidation sites excluding steroid dienone is 6.